The van der Waals surface area contributed by atoms with Gasteiger partial charge in [0.05, 0.1) is 17.1 Å². The van der Waals surface area contributed by atoms with Crippen LogP contribution in [0.3, 0.4) is 0 Å². The molecular formula is C59H48BN2O2. The van der Waals surface area contributed by atoms with Crippen molar-refractivity contribution in [1.29, 1.82) is 0 Å². The van der Waals surface area contributed by atoms with Crippen molar-refractivity contribution in [2.24, 2.45) is 5.92 Å². The summed E-state index contributed by atoms with van der Waals surface area (Å²) in [7, 11) is 2.26. The van der Waals surface area contributed by atoms with E-state index < -0.39 is 0 Å². The fourth-order valence-corrected chi connectivity index (χ4v) is 9.90. The maximum Gasteiger partial charge on any atom is 0.172 e. The number of rotatable bonds is 10. The van der Waals surface area contributed by atoms with Gasteiger partial charge in [0.25, 0.3) is 0 Å². The third kappa shape index (κ3) is 6.21. The SMILES string of the molecule is C=C(c1ccc2c(N(c3ccccc3)c3cccc4c3oc3ccccc34)cc(C(C)C)c3cc/c(=C(/[B]C)N(c4ccccc4)c4cccc5c4oc4ccccc45)c1c32)C(C)C. The Bertz CT molecular complexity index is 3640. The lowest BCUT2D eigenvalue weighted by Crippen LogP contribution is -2.27. The summed E-state index contributed by atoms with van der Waals surface area (Å²) < 4.78 is 13.6. The predicted octanol–water partition coefficient (Wildman–Crippen LogP) is 16.4. The van der Waals surface area contributed by atoms with Crippen molar-refractivity contribution in [2.75, 3.05) is 9.80 Å². The van der Waals surface area contributed by atoms with Crippen molar-refractivity contribution < 1.29 is 8.83 Å². The average molecular weight is 828 g/mol. The minimum Gasteiger partial charge on any atom is -0.454 e. The molecule has 0 atom stereocenters. The fourth-order valence-electron chi connectivity index (χ4n) is 9.90. The molecule has 0 N–H and O–H groups in total. The van der Waals surface area contributed by atoms with Gasteiger partial charge in [-0.3, -0.25) is 0 Å². The molecular weight excluding hydrogens is 779 g/mol. The molecule has 0 saturated heterocycles. The first-order chi connectivity index (χ1) is 31.3. The van der Waals surface area contributed by atoms with Gasteiger partial charge in [0, 0.05) is 38.3 Å². The van der Waals surface area contributed by atoms with Gasteiger partial charge in [-0.1, -0.05) is 162 Å². The maximum absolute atomic E-state index is 6.79. The Balaban J connectivity index is 1.29. The summed E-state index contributed by atoms with van der Waals surface area (Å²) in [5.74, 6) is 0.439. The van der Waals surface area contributed by atoms with Crippen LogP contribution in [0.25, 0.3) is 76.6 Å². The van der Waals surface area contributed by atoms with Gasteiger partial charge in [0.1, 0.15) is 11.2 Å². The summed E-state index contributed by atoms with van der Waals surface area (Å²) in [5.41, 5.74) is 13.2. The molecule has 4 nitrogen and oxygen atoms in total. The monoisotopic (exact) mass is 827 g/mol. The van der Waals surface area contributed by atoms with E-state index in [-0.39, 0.29) is 11.8 Å². The highest BCUT2D eigenvalue weighted by Crippen LogP contribution is 2.48. The van der Waals surface area contributed by atoms with Crippen LogP contribution in [0.2, 0.25) is 6.82 Å². The normalized spacial score (nSPS) is 12.4. The molecule has 11 rings (SSSR count). The number of nitrogens with zero attached hydrogens (tertiary/aromatic N) is 2. The van der Waals surface area contributed by atoms with E-state index in [1.54, 1.807) is 0 Å². The molecule has 1 radical (unpaired) electrons. The van der Waals surface area contributed by atoms with Gasteiger partial charge in [-0.2, -0.15) is 0 Å². The molecule has 0 bridgehead atoms. The first-order valence-corrected chi connectivity index (χ1v) is 22.4. The van der Waals surface area contributed by atoms with Crippen LogP contribution < -0.4 is 15.0 Å². The van der Waals surface area contributed by atoms with E-state index in [9.17, 15) is 0 Å². The van der Waals surface area contributed by atoms with Crippen LogP contribution in [0.4, 0.5) is 28.4 Å². The number of anilines is 5. The van der Waals surface area contributed by atoms with E-state index in [2.05, 4.69) is 215 Å². The van der Waals surface area contributed by atoms with Crippen LogP contribution in [-0.4, -0.2) is 7.28 Å². The Morgan fingerprint density at radius 3 is 1.66 bits per heavy atom. The lowest BCUT2D eigenvalue weighted by Gasteiger charge is -2.31. The number of hydrogen-bond donors (Lipinski definition) is 0. The fraction of sp³-hybridized carbons (Fsp3) is 0.119. The van der Waals surface area contributed by atoms with Crippen molar-refractivity contribution in [3.05, 3.63) is 199 Å². The van der Waals surface area contributed by atoms with E-state index in [1.807, 2.05) is 12.1 Å². The van der Waals surface area contributed by atoms with Crippen molar-refractivity contribution in [3.63, 3.8) is 0 Å². The molecule has 64 heavy (non-hydrogen) atoms. The highest BCUT2D eigenvalue weighted by molar-refractivity contribution is 6.59. The predicted molar refractivity (Wildman–Crippen MR) is 274 cm³/mol. The Morgan fingerprint density at radius 1 is 0.500 bits per heavy atom. The van der Waals surface area contributed by atoms with Crippen LogP contribution in [0, 0.1) is 5.92 Å². The highest BCUT2D eigenvalue weighted by atomic mass is 16.3. The Kier molecular flexibility index (Phi) is 9.65. The molecule has 0 unspecified atom stereocenters. The zero-order valence-corrected chi connectivity index (χ0v) is 36.9. The van der Waals surface area contributed by atoms with Crippen LogP contribution in [0.5, 0.6) is 0 Å². The second-order valence-electron chi connectivity index (χ2n) is 17.4. The molecule has 11 aromatic rings. The van der Waals surface area contributed by atoms with Crippen LogP contribution in [0.15, 0.2) is 191 Å². The maximum atomic E-state index is 6.79. The number of fused-ring (bicyclic) bond motifs is 6. The van der Waals surface area contributed by atoms with Crippen LogP contribution >= 0.6 is 0 Å². The molecule has 0 spiro atoms. The molecule has 0 amide bonds. The number of furan rings is 2. The van der Waals surface area contributed by atoms with Gasteiger partial charge < -0.3 is 18.6 Å². The minimum absolute atomic E-state index is 0.215. The first-order valence-electron chi connectivity index (χ1n) is 22.4. The molecule has 2 heterocycles. The van der Waals surface area contributed by atoms with Crippen molar-refractivity contribution in [1.82, 2.24) is 0 Å². The minimum atomic E-state index is 0.215. The van der Waals surface area contributed by atoms with E-state index in [0.29, 0.717) is 0 Å². The molecule has 0 aliphatic carbocycles. The average Bonchev–Trinajstić information content (AvgIpc) is 3.91. The lowest BCUT2D eigenvalue weighted by molar-refractivity contribution is 0.669. The molecule has 9 aromatic carbocycles. The van der Waals surface area contributed by atoms with Crippen molar-refractivity contribution in [2.45, 2.75) is 40.4 Å². The topological polar surface area (TPSA) is 32.8 Å². The Morgan fingerprint density at radius 2 is 1.05 bits per heavy atom. The number of benzene rings is 9. The van der Waals surface area contributed by atoms with Gasteiger partial charge >= 0.3 is 0 Å². The summed E-state index contributed by atoms with van der Waals surface area (Å²) in [6, 6.07) is 62.8. The Labute approximate surface area is 374 Å². The van der Waals surface area contributed by atoms with Crippen molar-refractivity contribution in [3.8, 4) is 0 Å². The lowest BCUT2D eigenvalue weighted by atomic mass is 9.73. The summed E-state index contributed by atoms with van der Waals surface area (Å²) in [4.78, 5) is 4.78. The second kappa shape index (κ2) is 15.7. The van der Waals surface area contributed by atoms with E-state index in [0.717, 1.165) is 99.7 Å². The highest BCUT2D eigenvalue weighted by Gasteiger charge is 2.27. The van der Waals surface area contributed by atoms with Crippen LogP contribution in [0.1, 0.15) is 44.7 Å². The zero-order chi connectivity index (χ0) is 43.6. The number of hydrogen-bond acceptors (Lipinski definition) is 4. The van der Waals surface area contributed by atoms with Gasteiger partial charge in [-0.25, -0.2) is 0 Å². The van der Waals surface area contributed by atoms with E-state index in [4.69, 9.17) is 15.4 Å². The third-order valence-corrected chi connectivity index (χ3v) is 13.0. The molecule has 0 aliphatic heterocycles. The first kappa shape index (κ1) is 39.4. The van der Waals surface area contributed by atoms with Gasteiger partial charge in [0.15, 0.2) is 18.4 Å². The second-order valence-corrected chi connectivity index (χ2v) is 17.4. The standard InChI is InChI=1S/C59H48BN2O2/c1-36(2)38(5)41-31-33-47-52(61(39-19-9-7-10-20-39)50-27-17-25-45-42-23-13-15-29-53(42)63-57(45)50)35-49(37(3)4)44-32-34-48(55(41)56(44)47)59(60-6)62(40-21-11-8-12-22-40)51-28-18-26-46-43-24-14-16-30-54(43)64-58(46)51/h7-37H,5H2,1-4,6H3/b59-48+. The van der Waals surface area contributed by atoms with Gasteiger partial charge in [-0.15, -0.1) is 0 Å². The third-order valence-electron chi connectivity index (χ3n) is 13.0. The molecule has 0 fully saturated rings. The molecule has 309 valence electrons. The van der Waals surface area contributed by atoms with E-state index >= 15 is 0 Å². The van der Waals surface area contributed by atoms with Gasteiger partial charge in [0.2, 0.25) is 0 Å². The molecule has 0 aliphatic rings. The summed E-state index contributed by atoms with van der Waals surface area (Å²) in [5, 5.41) is 10.3. The molecule has 2 aromatic heterocycles. The Hall–Kier alpha value is -7.50. The quantitative estimate of drug-likeness (QED) is 0.129. The number of para-hydroxylation sites is 6. The zero-order valence-electron chi connectivity index (χ0n) is 36.9. The summed E-state index contributed by atoms with van der Waals surface area (Å²) in [6.45, 7) is 16.0. The summed E-state index contributed by atoms with van der Waals surface area (Å²) in [6.07, 6.45) is 0. The number of allylic oxidation sites excluding steroid dienone is 1. The van der Waals surface area contributed by atoms with Crippen molar-refractivity contribution >= 4 is 112 Å². The smallest absolute Gasteiger partial charge is 0.172 e. The van der Waals surface area contributed by atoms with E-state index in [1.165, 1.54) is 21.7 Å². The largest absolute Gasteiger partial charge is 0.454 e. The molecule has 5 heteroatoms. The molecule has 0 saturated carbocycles. The summed E-state index contributed by atoms with van der Waals surface area (Å²) >= 11 is 0. The van der Waals surface area contributed by atoms with Crippen LogP contribution in [-0.2, 0) is 0 Å². The van der Waals surface area contributed by atoms with Gasteiger partial charge in [-0.05, 0) is 110 Å².